The number of carbonyl (C=O) groups excluding carboxylic acids is 1. The Morgan fingerprint density at radius 1 is 1.23 bits per heavy atom. The summed E-state index contributed by atoms with van der Waals surface area (Å²) in [5.41, 5.74) is 1.51. The summed E-state index contributed by atoms with van der Waals surface area (Å²) < 4.78 is 20.3. The van der Waals surface area contributed by atoms with Crippen molar-refractivity contribution in [1.29, 1.82) is 0 Å². The normalized spacial score (nSPS) is 19.5. The van der Waals surface area contributed by atoms with E-state index >= 15 is 4.39 Å². The lowest BCUT2D eigenvalue weighted by atomic mass is 9.92. The lowest BCUT2D eigenvalue weighted by Crippen LogP contribution is -2.40. The maximum atomic E-state index is 15.3. The Bertz CT molecular complexity index is 903. The number of thiophene rings is 1. The fourth-order valence-electron chi connectivity index (χ4n) is 2.72. The van der Waals surface area contributed by atoms with Gasteiger partial charge in [0.15, 0.2) is 0 Å². The van der Waals surface area contributed by atoms with E-state index in [9.17, 15) is 9.59 Å². The van der Waals surface area contributed by atoms with E-state index in [0.717, 1.165) is 22.5 Å². The number of carboxylic acid groups (broad SMARTS) is 1. The molecule has 2 N–H and O–H groups in total. The van der Waals surface area contributed by atoms with Crippen molar-refractivity contribution in [2.24, 2.45) is 0 Å². The molecule has 0 saturated heterocycles. The largest absolute Gasteiger partial charge is 0.477 e. The number of halogens is 1. The van der Waals surface area contributed by atoms with Crippen molar-refractivity contribution in [2.45, 2.75) is 12.3 Å². The van der Waals surface area contributed by atoms with E-state index in [-0.39, 0.29) is 22.6 Å². The van der Waals surface area contributed by atoms with E-state index in [1.54, 1.807) is 6.08 Å². The molecule has 1 aliphatic carbocycles. The van der Waals surface area contributed by atoms with Gasteiger partial charge in [-0.1, -0.05) is 36.4 Å². The number of carboxylic acids is 1. The van der Waals surface area contributed by atoms with Gasteiger partial charge in [0, 0.05) is 13.5 Å². The van der Waals surface area contributed by atoms with E-state index in [1.165, 1.54) is 24.6 Å². The lowest BCUT2D eigenvalue weighted by Gasteiger charge is -2.30. The number of methoxy groups -OCH3 is 1. The van der Waals surface area contributed by atoms with Gasteiger partial charge in [0.1, 0.15) is 4.88 Å². The monoisotopic (exact) mass is 373 g/mol. The molecule has 1 unspecified atom stereocenters. The van der Waals surface area contributed by atoms with E-state index in [2.05, 4.69) is 5.32 Å². The number of nitrogens with one attached hydrogen (secondary N) is 1. The molecule has 1 heterocycles. The average Bonchev–Trinajstić information content (AvgIpc) is 3.14. The highest BCUT2D eigenvalue weighted by molar-refractivity contribution is 7.12. The molecular formula is C19H16FNO4S. The Hall–Kier alpha value is -2.77. The van der Waals surface area contributed by atoms with Gasteiger partial charge >= 0.3 is 5.97 Å². The predicted molar refractivity (Wildman–Crippen MR) is 96.7 cm³/mol. The molecule has 2 aromatic rings. The van der Waals surface area contributed by atoms with Gasteiger partial charge in [0.05, 0.1) is 11.3 Å². The lowest BCUT2D eigenvalue weighted by molar-refractivity contribution is -0.0887. The highest BCUT2D eigenvalue weighted by Crippen LogP contribution is 2.37. The number of carbonyl (C=O) groups is 2. The Kier molecular flexibility index (Phi) is 5.01. The van der Waals surface area contributed by atoms with Crippen LogP contribution in [0.4, 0.5) is 4.39 Å². The number of alkyl halides is 1. The molecule has 0 radical (unpaired) electrons. The van der Waals surface area contributed by atoms with Crippen LogP contribution in [0.25, 0.3) is 5.57 Å². The Balaban J connectivity index is 1.89. The maximum Gasteiger partial charge on any atom is 0.346 e. The fraction of sp³-hybridized carbons (Fsp3) is 0.158. The molecule has 1 atom stereocenters. The van der Waals surface area contributed by atoms with Crippen LogP contribution in [0.5, 0.6) is 0 Å². The van der Waals surface area contributed by atoms with Gasteiger partial charge in [0.2, 0.25) is 0 Å². The molecule has 3 rings (SSSR count). The second-order valence-electron chi connectivity index (χ2n) is 5.67. The van der Waals surface area contributed by atoms with Crippen LogP contribution in [0.3, 0.4) is 0 Å². The second-order valence-corrected chi connectivity index (χ2v) is 6.59. The molecule has 26 heavy (non-hydrogen) atoms. The third-order valence-corrected chi connectivity index (χ3v) is 4.99. The van der Waals surface area contributed by atoms with Gasteiger partial charge < -0.3 is 15.2 Å². The number of benzene rings is 1. The first-order valence-corrected chi connectivity index (χ1v) is 8.65. The van der Waals surface area contributed by atoms with Gasteiger partial charge in [-0.15, -0.1) is 11.3 Å². The summed E-state index contributed by atoms with van der Waals surface area (Å²) in [4.78, 5) is 23.5. The predicted octanol–water partition coefficient (Wildman–Crippen LogP) is 3.86. The highest BCUT2D eigenvalue weighted by atomic mass is 32.1. The molecule has 0 aliphatic heterocycles. The van der Waals surface area contributed by atoms with Crippen molar-refractivity contribution < 1.29 is 23.8 Å². The maximum absolute atomic E-state index is 15.3. The summed E-state index contributed by atoms with van der Waals surface area (Å²) in [5, 5.41) is 13.1. The van der Waals surface area contributed by atoms with Crippen LogP contribution in [0.1, 0.15) is 32.0 Å². The quantitative estimate of drug-likeness (QED) is 0.835. The summed E-state index contributed by atoms with van der Waals surface area (Å²) in [6.45, 7) is 0. The van der Waals surface area contributed by atoms with Gasteiger partial charge in [0.25, 0.3) is 11.8 Å². The molecular weight excluding hydrogens is 357 g/mol. The van der Waals surface area contributed by atoms with Crippen molar-refractivity contribution in [2.75, 3.05) is 7.11 Å². The van der Waals surface area contributed by atoms with Crippen LogP contribution < -0.4 is 5.32 Å². The van der Waals surface area contributed by atoms with Gasteiger partial charge in [-0.05, 0) is 28.7 Å². The minimum atomic E-state index is -2.21. The first-order chi connectivity index (χ1) is 12.4. The molecule has 7 heteroatoms. The second kappa shape index (κ2) is 7.23. The Labute approximate surface area is 153 Å². The number of amides is 1. The average molecular weight is 373 g/mol. The minimum Gasteiger partial charge on any atom is -0.477 e. The summed E-state index contributed by atoms with van der Waals surface area (Å²) >= 11 is 0.935. The van der Waals surface area contributed by atoms with Gasteiger partial charge in [-0.3, -0.25) is 4.79 Å². The number of hydrogen-bond acceptors (Lipinski definition) is 4. The van der Waals surface area contributed by atoms with Crippen LogP contribution in [-0.2, 0) is 4.74 Å². The van der Waals surface area contributed by atoms with E-state index < -0.39 is 17.7 Å². The molecule has 0 spiro atoms. The molecule has 0 fully saturated rings. The third kappa shape index (κ3) is 3.44. The smallest absolute Gasteiger partial charge is 0.346 e. The molecule has 5 nitrogen and oxygen atoms in total. The van der Waals surface area contributed by atoms with Crippen LogP contribution in [-0.4, -0.2) is 29.9 Å². The number of aromatic carboxylic acids is 1. The summed E-state index contributed by atoms with van der Waals surface area (Å²) in [7, 11) is 1.22. The summed E-state index contributed by atoms with van der Waals surface area (Å²) in [6, 6.07) is 10.7. The number of hydrogen-bond donors (Lipinski definition) is 2. The molecule has 1 aromatic heterocycles. The first-order valence-electron chi connectivity index (χ1n) is 7.77. The SMILES string of the molecule is COC1(F)CC(c2ccccc2)=CC=C1NC(=O)c1ccsc1C(=O)O. The Morgan fingerprint density at radius 3 is 2.62 bits per heavy atom. The first kappa shape index (κ1) is 18.0. The van der Waals surface area contributed by atoms with Crippen LogP contribution >= 0.6 is 11.3 Å². The highest BCUT2D eigenvalue weighted by Gasteiger charge is 2.39. The standard InChI is InChI=1S/C19H16FNO4S/c1-25-19(20)11-13(12-5-3-2-4-6-12)7-8-15(19)21-17(22)14-9-10-26-16(14)18(23)24/h2-10H,11H2,1H3,(H,21,22)(H,23,24). The van der Waals surface area contributed by atoms with Gasteiger partial charge in [-0.2, -0.15) is 0 Å². The summed E-state index contributed by atoms with van der Waals surface area (Å²) in [6.07, 6.45) is 3.09. The zero-order chi connectivity index (χ0) is 18.7. The van der Waals surface area contributed by atoms with Crippen molar-refractivity contribution in [3.8, 4) is 0 Å². The Morgan fingerprint density at radius 2 is 1.96 bits per heavy atom. The van der Waals surface area contributed by atoms with Crippen LogP contribution in [0.15, 0.2) is 59.6 Å². The van der Waals surface area contributed by atoms with Crippen molar-refractivity contribution in [3.63, 3.8) is 0 Å². The molecule has 1 amide bonds. The minimum absolute atomic E-state index is 0.0142. The van der Waals surface area contributed by atoms with Crippen molar-refractivity contribution in [3.05, 3.63) is 75.6 Å². The number of allylic oxidation sites excluding steroid dienone is 2. The zero-order valence-corrected chi connectivity index (χ0v) is 14.7. The van der Waals surface area contributed by atoms with Crippen LogP contribution in [0, 0.1) is 0 Å². The third-order valence-electron chi connectivity index (χ3n) is 4.09. The molecule has 134 valence electrons. The zero-order valence-electron chi connectivity index (χ0n) is 13.9. The van der Waals surface area contributed by atoms with Gasteiger partial charge in [-0.25, -0.2) is 9.18 Å². The van der Waals surface area contributed by atoms with E-state index in [0.29, 0.717) is 0 Å². The number of ether oxygens (including phenoxy) is 1. The number of rotatable bonds is 5. The molecule has 0 saturated carbocycles. The molecule has 0 bridgehead atoms. The van der Waals surface area contributed by atoms with E-state index in [4.69, 9.17) is 9.84 Å². The van der Waals surface area contributed by atoms with Crippen LogP contribution in [0.2, 0.25) is 0 Å². The fourth-order valence-corrected chi connectivity index (χ4v) is 3.45. The van der Waals surface area contributed by atoms with E-state index in [1.807, 2.05) is 30.3 Å². The molecule has 1 aliphatic rings. The van der Waals surface area contributed by atoms with Crippen molar-refractivity contribution in [1.82, 2.24) is 5.32 Å². The summed E-state index contributed by atoms with van der Waals surface area (Å²) in [5.74, 6) is -4.10. The molecule has 1 aromatic carbocycles. The topological polar surface area (TPSA) is 75.6 Å². The van der Waals surface area contributed by atoms with Crippen molar-refractivity contribution >= 4 is 28.8 Å².